The Bertz CT molecular complexity index is 712. The molecule has 0 bridgehead atoms. The molecule has 0 unspecified atom stereocenters. The van der Waals surface area contributed by atoms with E-state index in [1.165, 1.54) is 44.5 Å². The zero-order valence-electron chi connectivity index (χ0n) is 19.1. The maximum Gasteiger partial charge on any atom is 0.0152 e. The molecule has 0 amide bonds. The normalized spacial score (nSPS) is 11.9. The SMILES string of the molecule is CCc1cc(CC)c(C(C)(C)c2cc(CC)c(CC)cc2CC)cc1CC. The van der Waals surface area contributed by atoms with Gasteiger partial charge in [-0.1, -0.05) is 79.7 Å². The minimum Gasteiger partial charge on any atom is -0.0613 e. The Balaban J connectivity index is 2.75. The summed E-state index contributed by atoms with van der Waals surface area (Å²) in [6, 6.07) is 10.0. The number of hydrogen-bond donors (Lipinski definition) is 0. The van der Waals surface area contributed by atoms with Crippen LogP contribution >= 0.6 is 0 Å². The van der Waals surface area contributed by atoms with Crippen molar-refractivity contribution in [1.82, 2.24) is 0 Å². The fourth-order valence-electron chi connectivity index (χ4n) is 4.69. The molecule has 0 heteroatoms. The molecule has 0 nitrogen and oxygen atoms in total. The van der Waals surface area contributed by atoms with Gasteiger partial charge >= 0.3 is 0 Å². The van der Waals surface area contributed by atoms with Crippen LogP contribution in [0.1, 0.15) is 99.9 Å². The van der Waals surface area contributed by atoms with Crippen molar-refractivity contribution in [3.8, 4) is 0 Å². The Labute approximate surface area is 168 Å². The van der Waals surface area contributed by atoms with Crippen LogP contribution in [0.5, 0.6) is 0 Å². The Morgan fingerprint density at radius 3 is 0.963 bits per heavy atom. The molecule has 27 heavy (non-hydrogen) atoms. The Morgan fingerprint density at radius 1 is 0.444 bits per heavy atom. The van der Waals surface area contributed by atoms with Crippen molar-refractivity contribution in [3.05, 3.63) is 68.8 Å². The van der Waals surface area contributed by atoms with E-state index in [4.69, 9.17) is 0 Å². The third kappa shape index (κ3) is 4.15. The van der Waals surface area contributed by atoms with Crippen molar-refractivity contribution in [2.75, 3.05) is 0 Å². The van der Waals surface area contributed by atoms with E-state index in [1.807, 2.05) is 0 Å². The lowest BCUT2D eigenvalue weighted by Crippen LogP contribution is -2.24. The van der Waals surface area contributed by atoms with E-state index in [9.17, 15) is 0 Å². The van der Waals surface area contributed by atoms with Crippen LogP contribution in [0.15, 0.2) is 24.3 Å². The molecular weight excluding hydrogens is 324 g/mol. The van der Waals surface area contributed by atoms with E-state index < -0.39 is 0 Å². The average molecular weight is 365 g/mol. The second-order valence-electron chi connectivity index (χ2n) is 8.30. The Hall–Kier alpha value is -1.56. The van der Waals surface area contributed by atoms with Gasteiger partial charge in [-0.25, -0.2) is 0 Å². The Morgan fingerprint density at radius 2 is 0.704 bits per heavy atom. The lowest BCUT2D eigenvalue weighted by Gasteiger charge is -2.33. The summed E-state index contributed by atoms with van der Waals surface area (Å²) < 4.78 is 0. The standard InChI is InChI=1S/C27H40/c1-9-19-15-23(13-5)25(17-21(19)11-3)27(7,8)26-18-22(12-4)20(10-2)16-24(26)14-6/h15-18H,9-14H2,1-8H3. The van der Waals surface area contributed by atoms with E-state index in [0.717, 1.165) is 38.5 Å². The van der Waals surface area contributed by atoms with Crippen LogP contribution in [-0.2, 0) is 43.9 Å². The van der Waals surface area contributed by atoms with Gasteiger partial charge in [0.15, 0.2) is 0 Å². The molecule has 0 saturated carbocycles. The number of rotatable bonds is 8. The summed E-state index contributed by atoms with van der Waals surface area (Å²) in [7, 11) is 0. The maximum atomic E-state index is 2.52. The summed E-state index contributed by atoms with van der Waals surface area (Å²) in [5, 5.41) is 0. The zero-order chi connectivity index (χ0) is 20.2. The predicted molar refractivity (Wildman–Crippen MR) is 121 cm³/mol. The molecule has 2 aromatic rings. The summed E-state index contributed by atoms with van der Waals surface area (Å²) in [6.45, 7) is 18.6. The first kappa shape index (κ1) is 21.7. The molecule has 2 rings (SSSR count). The summed E-state index contributed by atoms with van der Waals surface area (Å²) in [4.78, 5) is 0. The maximum absolute atomic E-state index is 2.52. The largest absolute Gasteiger partial charge is 0.0613 e. The molecule has 0 spiro atoms. The monoisotopic (exact) mass is 364 g/mol. The highest BCUT2D eigenvalue weighted by atomic mass is 14.3. The van der Waals surface area contributed by atoms with Crippen LogP contribution in [0.2, 0.25) is 0 Å². The van der Waals surface area contributed by atoms with E-state index >= 15 is 0 Å². The lowest BCUT2D eigenvalue weighted by molar-refractivity contribution is 0.621. The van der Waals surface area contributed by atoms with Gasteiger partial charge < -0.3 is 0 Å². The van der Waals surface area contributed by atoms with Gasteiger partial charge in [0.05, 0.1) is 0 Å². The molecule has 0 saturated heterocycles. The first-order valence-electron chi connectivity index (χ1n) is 11.2. The second-order valence-corrected chi connectivity index (χ2v) is 8.30. The van der Waals surface area contributed by atoms with E-state index in [2.05, 4.69) is 79.7 Å². The van der Waals surface area contributed by atoms with Crippen molar-refractivity contribution in [3.63, 3.8) is 0 Å². The molecule has 0 radical (unpaired) electrons. The van der Waals surface area contributed by atoms with Crippen LogP contribution in [0.3, 0.4) is 0 Å². The van der Waals surface area contributed by atoms with E-state index in [-0.39, 0.29) is 5.41 Å². The summed E-state index contributed by atoms with van der Waals surface area (Å²) in [5.74, 6) is 0. The molecule has 0 aliphatic carbocycles. The molecule has 148 valence electrons. The summed E-state index contributed by atoms with van der Waals surface area (Å²) in [5.41, 5.74) is 12.2. The molecular formula is C27H40. The summed E-state index contributed by atoms with van der Waals surface area (Å²) >= 11 is 0. The smallest absolute Gasteiger partial charge is 0.0152 e. The van der Waals surface area contributed by atoms with E-state index in [1.54, 1.807) is 0 Å². The van der Waals surface area contributed by atoms with Crippen LogP contribution in [0.25, 0.3) is 0 Å². The molecule has 0 fully saturated rings. The highest BCUT2D eigenvalue weighted by Crippen LogP contribution is 2.39. The van der Waals surface area contributed by atoms with Gasteiger partial charge in [-0.05, 0) is 83.0 Å². The van der Waals surface area contributed by atoms with Gasteiger partial charge in [-0.2, -0.15) is 0 Å². The molecule has 2 aromatic carbocycles. The summed E-state index contributed by atoms with van der Waals surface area (Å²) in [6.07, 6.45) is 6.69. The molecule has 0 aliphatic rings. The topological polar surface area (TPSA) is 0 Å². The number of aryl methyl sites for hydroxylation is 6. The van der Waals surface area contributed by atoms with Gasteiger partial charge in [-0.15, -0.1) is 0 Å². The lowest BCUT2D eigenvalue weighted by atomic mass is 9.71. The molecule has 0 aromatic heterocycles. The third-order valence-corrected chi connectivity index (χ3v) is 6.48. The van der Waals surface area contributed by atoms with Crippen molar-refractivity contribution < 1.29 is 0 Å². The minimum atomic E-state index is 0.0308. The quantitative estimate of drug-likeness (QED) is 0.458. The Kier molecular flexibility index (Phi) is 7.32. The molecule has 0 N–H and O–H groups in total. The number of hydrogen-bond acceptors (Lipinski definition) is 0. The zero-order valence-corrected chi connectivity index (χ0v) is 19.1. The second kappa shape index (κ2) is 9.09. The van der Waals surface area contributed by atoms with Crippen molar-refractivity contribution in [1.29, 1.82) is 0 Å². The fourth-order valence-corrected chi connectivity index (χ4v) is 4.69. The van der Waals surface area contributed by atoms with Crippen molar-refractivity contribution in [2.45, 2.75) is 99.3 Å². The predicted octanol–water partition coefficient (Wildman–Crippen LogP) is 7.39. The van der Waals surface area contributed by atoms with Crippen LogP contribution in [-0.4, -0.2) is 0 Å². The van der Waals surface area contributed by atoms with Crippen LogP contribution < -0.4 is 0 Å². The van der Waals surface area contributed by atoms with Gasteiger partial charge in [-0.3, -0.25) is 0 Å². The number of benzene rings is 2. The van der Waals surface area contributed by atoms with Crippen molar-refractivity contribution in [2.24, 2.45) is 0 Å². The molecule has 0 heterocycles. The third-order valence-electron chi connectivity index (χ3n) is 6.48. The highest BCUT2D eigenvalue weighted by Gasteiger charge is 2.29. The average Bonchev–Trinajstić information content (AvgIpc) is 2.71. The van der Waals surface area contributed by atoms with Crippen LogP contribution in [0.4, 0.5) is 0 Å². The van der Waals surface area contributed by atoms with Gasteiger partial charge in [0.25, 0.3) is 0 Å². The minimum absolute atomic E-state index is 0.0308. The fraction of sp³-hybridized carbons (Fsp3) is 0.556. The van der Waals surface area contributed by atoms with E-state index in [0.29, 0.717) is 0 Å². The molecule has 0 aliphatic heterocycles. The van der Waals surface area contributed by atoms with Gasteiger partial charge in [0.2, 0.25) is 0 Å². The van der Waals surface area contributed by atoms with Crippen LogP contribution in [0, 0.1) is 0 Å². The van der Waals surface area contributed by atoms with Gasteiger partial charge in [0, 0.05) is 5.41 Å². The first-order chi connectivity index (χ1) is 12.9. The first-order valence-corrected chi connectivity index (χ1v) is 11.2. The van der Waals surface area contributed by atoms with Gasteiger partial charge in [0.1, 0.15) is 0 Å². The highest BCUT2D eigenvalue weighted by molar-refractivity contribution is 5.51. The molecule has 0 atom stereocenters. The van der Waals surface area contributed by atoms with Crippen molar-refractivity contribution >= 4 is 0 Å².